The summed E-state index contributed by atoms with van der Waals surface area (Å²) in [5.74, 6) is -1.07. The van der Waals surface area contributed by atoms with Crippen LogP contribution in [0.3, 0.4) is 0 Å². The van der Waals surface area contributed by atoms with Gasteiger partial charge in [0.15, 0.2) is 0 Å². The average molecular weight is 339 g/mol. The van der Waals surface area contributed by atoms with E-state index in [-0.39, 0.29) is 6.04 Å². The molecule has 5 nitrogen and oxygen atoms in total. The van der Waals surface area contributed by atoms with Crippen molar-refractivity contribution in [3.63, 3.8) is 0 Å². The first-order valence-corrected chi connectivity index (χ1v) is 8.62. The lowest BCUT2D eigenvalue weighted by Crippen LogP contribution is -2.57. The zero-order valence-corrected chi connectivity index (χ0v) is 14.5. The van der Waals surface area contributed by atoms with Gasteiger partial charge in [0.1, 0.15) is 0 Å². The molecule has 2 aliphatic heterocycles. The van der Waals surface area contributed by atoms with E-state index in [0.717, 1.165) is 42.3 Å². The Morgan fingerprint density at radius 1 is 1.04 bits per heavy atom. The topological polar surface area (TPSA) is 55.8 Å². The van der Waals surface area contributed by atoms with E-state index in [2.05, 4.69) is 4.90 Å². The summed E-state index contributed by atoms with van der Waals surface area (Å²) in [4.78, 5) is 28.1. The molecule has 0 aromatic heterocycles. The number of hydrogen-bond acceptors (Lipinski definition) is 5. The molecule has 0 aliphatic carbocycles. The molecule has 4 rings (SSSR count). The van der Waals surface area contributed by atoms with Gasteiger partial charge in [-0.05, 0) is 24.6 Å². The van der Waals surface area contributed by atoms with Gasteiger partial charge in [-0.1, -0.05) is 36.4 Å². The SMILES string of the molecule is COC(=O)C1(C(=O)OC)c2ccc3ccccc3c2N2CCCCC21. The summed E-state index contributed by atoms with van der Waals surface area (Å²) in [7, 11) is 2.67. The van der Waals surface area contributed by atoms with Gasteiger partial charge >= 0.3 is 11.9 Å². The van der Waals surface area contributed by atoms with Crippen molar-refractivity contribution in [1.82, 2.24) is 0 Å². The number of hydrogen-bond donors (Lipinski definition) is 0. The molecule has 0 amide bonds. The minimum Gasteiger partial charge on any atom is -0.468 e. The predicted molar refractivity (Wildman–Crippen MR) is 94.6 cm³/mol. The molecule has 0 bridgehead atoms. The van der Waals surface area contributed by atoms with Crippen LogP contribution in [0.2, 0.25) is 0 Å². The Balaban J connectivity index is 2.08. The summed E-state index contributed by atoms with van der Waals surface area (Å²) in [6.45, 7) is 0.821. The summed E-state index contributed by atoms with van der Waals surface area (Å²) in [5, 5.41) is 2.15. The third-order valence-electron chi connectivity index (χ3n) is 5.63. The fourth-order valence-corrected chi connectivity index (χ4v) is 4.61. The van der Waals surface area contributed by atoms with Crippen LogP contribution in [-0.4, -0.2) is 38.7 Å². The Morgan fingerprint density at radius 3 is 2.48 bits per heavy atom. The number of ether oxygens (including phenoxy) is 2. The number of piperidine rings is 1. The zero-order chi connectivity index (χ0) is 17.6. The molecule has 0 N–H and O–H groups in total. The highest BCUT2D eigenvalue weighted by atomic mass is 16.5. The van der Waals surface area contributed by atoms with Crippen molar-refractivity contribution in [3.8, 4) is 0 Å². The number of anilines is 1. The molecular formula is C20H21NO4. The number of carbonyl (C=O) groups excluding carboxylic acids is 2. The molecule has 0 spiro atoms. The van der Waals surface area contributed by atoms with E-state index < -0.39 is 17.4 Å². The van der Waals surface area contributed by atoms with Crippen LogP contribution >= 0.6 is 0 Å². The zero-order valence-electron chi connectivity index (χ0n) is 14.5. The van der Waals surface area contributed by atoms with Gasteiger partial charge in [0, 0.05) is 23.2 Å². The highest BCUT2D eigenvalue weighted by molar-refractivity contribution is 6.14. The van der Waals surface area contributed by atoms with Gasteiger partial charge in [-0.3, -0.25) is 9.59 Å². The Kier molecular flexibility index (Phi) is 3.67. The number of nitrogens with zero attached hydrogens (tertiary/aromatic N) is 1. The van der Waals surface area contributed by atoms with E-state index in [1.54, 1.807) is 0 Å². The molecule has 25 heavy (non-hydrogen) atoms. The van der Waals surface area contributed by atoms with Crippen LogP contribution in [0.25, 0.3) is 10.8 Å². The molecule has 2 aliphatic rings. The van der Waals surface area contributed by atoms with Crippen LogP contribution in [-0.2, 0) is 24.5 Å². The van der Waals surface area contributed by atoms with Crippen LogP contribution in [0.1, 0.15) is 24.8 Å². The Bertz CT molecular complexity index is 844. The summed E-state index contributed by atoms with van der Waals surface area (Å²) in [5.41, 5.74) is 0.263. The van der Waals surface area contributed by atoms with Gasteiger partial charge in [-0.2, -0.15) is 0 Å². The third-order valence-corrected chi connectivity index (χ3v) is 5.63. The van der Waals surface area contributed by atoms with Crippen molar-refractivity contribution in [2.45, 2.75) is 30.7 Å². The predicted octanol–water partition coefficient (Wildman–Crippen LogP) is 2.80. The summed E-state index contributed by atoms with van der Waals surface area (Å²) < 4.78 is 10.2. The van der Waals surface area contributed by atoms with Crippen LogP contribution in [0.4, 0.5) is 5.69 Å². The minimum atomic E-state index is -1.41. The average Bonchev–Trinajstić information content (AvgIpc) is 2.98. The maximum atomic E-state index is 12.9. The molecule has 2 aromatic rings. The molecule has 5 heteroatoms. The van der Waals surface area contributed by atoms with E-state index in [9.17, 15) is 9.59 Å². The van der Waals surface area contributed by atoms with Crippen LogP contribution < -0.4 is 4.90 Å². The van der Waals surface area contributed by atoms with Crippen molar-refractivity contribution in [3.05, 3.63) is 42.0 Å². The molecule has 1 atom stereocenters. The lowest BCUT2D eigenvalue weighted by atomic mass is 9.73. The lowest BCUT2D eigenvalue weighted by molar-refractivity contribution is -0.163. The second-order valence-electron chi connectivity index (χ2n) is 6.68. The van der Waals surface area contributed by atoms with Crippen LogP contribution in [0.5, 0.6) is 0 Å². The van der Waals surface area contributed by atoms with E-state index in [4.69, 9.17) is 9.47 Å². The van der Waals surface area contributed by atoms with Gasteiger partial charge in [-0.25, -0.2) is 0 Å². The molecular weight excluding hydrogens is 318 g/mol. The maximum Gasteiger partial charge on any atom is 0.330 e. The van der Waals surface area contributed by atoms with Crippen molar-refractivity contribution in [1.29, 1.82) is 0 Å². The smallest absolute Gasteiger partial charge is 0.330 e. The largest absolute Gasteiger partial charge is 0.468 e. The van der Waals surface area contributed by atoms with Crippen molar-refractivity contribution in [2.24, 2.45) is 0 Å². The number of esters is 2. The molecule has 2 aromatic carbocycles. The van der Waals surface area contributed by atoms with E-state index >= 15 is 0 Å². The molecule has 0 saturated carbocycles. The van der Waals surface area contributed by atoms with Crippen molar-refractivity contribution in [2.75, 3.05) is 25.7 Å². The first-order chi connectivity index (χ1) is 12.2. The summed E-state index contributed by atoms with van der Waals surface area (Å²) in [6.07, 6.45) is 2.77. The van der Waals surface area contributed by atoms with Gasteiger partial charge in [0.05, 0.1) is 20.3 Å². The Labute approximate surface area is 146 Å². The quantitative estimate of drug-likeness (QED) is 0.622. The minimum absolute atomic E-state index is 0.262. The van der Waals surface area contributed by atoms with Crippen molar-refractivity contribution >= 4 is 28.4 Å². The Morgan fingerprint density at radius 2 is 1.76 bits per heavy atom. The Hall–Kier alpha value is -2.56. The molecule has 130 valence electrons. The number of benzene rings is 2. The molecule has 1 fully saturated rings. The monoisotopic (exact) mass is 339 g/mol. The maximum absolute atomic E-state index is 12.9. The van der Waals surface area contributed by atoms with Crippen LogP contribution in [0, 0.1) is 0 Å². The number of carbonyl (C=O) groups is 2. The molecule has 1 saturated heterocycles. The van der Waals surface area contributed by atoms with Gasteiger partial charge < -0.3 is 14.4 Å². The van der Waals surface area contributed by atoms with Gasteiger partial charge in [0.2, 0.25) is 5.41 Å². The van der Waals surface area contributed by atoms with E-state index in [1.165, 1.54) is 14.2 Å². The number of fused-ring (bicyclic) bond motifs is 5. The summed E-state index contributed by atoms with van der Waals surface area (Å²) in [6, 6.07) is 11.7. The van der Waals surface area contributed by atoms with E-state index in [0.29, 0.717) is 5.56 Å². The second-order valence-corrected chi connectivity index (χ2v) is 6.68. The highest BCUT2D eigenvalue weighted by Crippen LogP contribution is 2.52. The standard InChI is InChI=1S/C20H21NO4/c1-24-18(22)20(19(23)25-2)15-11-10-13-7-3-4-8-14(13)17(15)21-12-6-5-9-16(20)21/h3-4,7-8,10-11,16H,5-6,9,12H2,1-2H3. The molecule has 1 unspecified atom stereocenters. The number of rotatable bonds is 2. The lowest BCUT2D eigenvalue weighted by Gasteiger charge is -2.38. The first kappa shape index (κ1) is 15.9. The first-order valence-electron chi connectivity index (χ1n) is 8.62. The van der Waals surface area contributed by atoms with Crippen molar-refractivity contribution < 1.29 is 19.1 Å². The normalized spacial score (nSPS) is 20.7. The highest BCUT2D eigenvalue weighted by Gasteiger charge is 2.63. The van der Waals surface area contributed by atoms with Gasteiger partial charge in [-0.15, -0.1) is 0 Å². The fraction of sp³-hybridized carbons (Fsp3) is 0.400. The number of methoxy groups -OCH3 is 2. The third kappa shape index (κ3) is 1.95. The van der Waals surface area contributed by atoms with Gasteiger partial charge in [0.25, 0.3) is 0 Å². The molecule has 0 radical (unpaired) electrons. The van der Waals surface area contributed by atoms with Crippen LogP contribution in [0.15, 0.2) is 36.4 Å². The fourth-order valence-electron chi connectivity index (χ4n) is 4.61. The summed E-state index contributed by atoms with van der Waals surface area (Å²) >= 11 is 0. The second kappa shape index (κ2) is 5.76. The van der Waals surface area contributed by atoms with E-state index in [1.807, 2.05) is 36.4 Å². The molecule has 2 heterocycles.